The molecule has 2 aliphatic heterocycles. The molecule has 0 spiro atoms. The summed E-state index contributed by atoms with van der Waals surface area (Å²) >= 11 is 0. The molecule has 5 rings (SSSR count). The lowest BCUT2D eigenvalue weighted by molar-refractivity contribution is 0.171. The molecule has 1 N–H and O–H groups in total. The van der Waals surface area contributed by atoms with E-state index in [-0.39, 0.29) is 0 Å². The Morgan fingerprint density at radius 1 is 1.00 bits per heavy atom. The zero-order valence-corrected chi connectivity index (χ0v) is 18.4. The van der Waals surface area contributed by atoms with E-state index < -0.39 is 0 Å². The number of nitrogens with zero attached hydrogens (tertiary/aromatic N) is 2. The summed E-state index contributed by atoms with van der Waals surface area (Å²) in [6.45, 7) is 8.81. The van der Waals surface area contributed by atoms with E-state index >= 15 is 0 Å². The van der Waals surface area contributed by atoms with Crippen LogP contribution in [-0.2, 0) is 0 Å². The van der Waals surface area contributed by atoms with E-state index in [0.717, 1.165) is 56.4 Å². The van der Waals surface area contributed by atoms with Gasteiger partial charge in [0, 0.05) is 61.6 Å². The minimum atomic E-state index is 0.502. The maximum atomic E-state index is 5.76. The van der Waals surface area contributed by atoms with Crippen LogP contribution in [0.2, 0.25) is 0 Å². The van der Waals surface area contributed by atoms with Gasteiger partial charge in [0.05, 0.1) is 7.11 Å². The molecule has 3 heterocycles. The van der Waals surface area contributed by atoms with Crippen LogP contribution in [0.4, 0.5) is 5.69 Å². The molecule has 2 aromatic carbocycles. The Balaban J connectivity index is 1.24. The standard InChI is InChI=1S/C25H31N3O3/c1-3-18(22-16-26-23-6-5-20(29-2)15-21(22)23)17-27-8-10-28(11-9-27)19-4-7-24-25(14-19)31-13-12-30-24/h4-7,14-16,18,26H,3,8-13,17H2,1-2H3. The van der Waals surface area contributed by atoms with Gasteiger partial charge in [0.15, 0.2) is 11.5 Å². The van der Waals surface area contributed by atoms with Crippen molar-refractivity contribution in [2.45, 2.75) is 19.3 Å². The van der Waals surface area contributed by atoms with Crippen molar-refractivity contribution < 1.29 is 14.2 Å². The number of aromatic amines is 1. The molecule has 0 bridgehead atoms. The molecular formula is C25H31N3O3. The van der Waals surface area contributed by atoms with E-state index in [1.807, 2.05) is 12.1 Å². The Hall–Kier alpha value is -2.86. The average Bonchev–Trinajstić information content (AvgIpc) is 3.25. The number of benzene rings is 2. The zero-order chi connectivity index (χ0) is 21.2. The minimum Gasteiger partial charge on any atom is -0.497 e. The van der Waals surface area contributed by atoms with Gasteiger partial charge in [-0.3, -0.25) is 4.90 Å². The number of aromatic nitrogens is 1. The predicted octanol–water partition coefficient (Wildman–Crippen LogP) is 4.26. The molecule has 164 valence electrons. The molecule has 3 aromatic rings. The van der Waals surface area contributed by atoms with E-state index in [1.54, 1.807) is 7.11 Å². The van der Waals surface area contributed by atoms with Crippen LogP contribution in [0.3, 0.4) is 0 Å². The Morgan fingerprint density at radius 3 is 2.58 bits per heavy atom. The first-order valence-corrected chi connectivity index (χ1v) is 11.3. The van der Waals surface area contributed by atoms with Gasteiger partial charge in [-0.15, -0.1) is 0 Å². The quantitative estimate of drug-likeness (QED) is 0.644. The van der Waals surface area contributed by atoms with Gasteiger partial charge in [0.25, 0.3) is 0 Å². The fourth-order valence-corrected chi connectivity index (χ4v) is 4.76. The summed E-state index contributed by atoms with van der Waals surface area (Å²) in [5.74, 6) is 3.14. The Bertz CT molecular complexity index is 1040. The molecular weight excluding hydrogens is 390 g/mol. The van der Waals surface area contributed by atoms with Gasteiger partial charge < -0.3 is 24.1 Å². The van der Waals surface area contributed by atoms with Crippen LogP contribution in [0, 0.1) is 0 Å². The van der Waals surface area contributed by atoms with Crippen LogP contribution in [0.15, 0.2) is 42.6 Å². The summed E-state index contributed by atoms with van der Waals surface area (Å²) in [7, 11) is 1.73. The number of hydrogen-bond donors (Lipinski definition) is 1. The second-order valence-corrected chi connectivity index (χ2v) is 8.38. The van der Waals surface area contributed by atoms with E-state index in [1.165, 1.54) is 22.2 Å². The highest BCUT2D eigenvalue weighted by Gasteiger charge is 2.23. The Morgan fingerprint density at radius 2 is 1.81 bits per heavy atom. The molecule has 1 saturated heterocycles. The molecule has 1 fully saturated rings. The number of anilines is 1. The number of piperazine rings is 1. The second kappa shape index (κ2) is 8.71. The van der Waals surface area contributed by atoms with Crippen LogP contribution < -0.4 is 19.1 Å². The number of methoxy groups -OCH3 is 1. The Kier molecular flexibility index (Phi) is 5.64. The van der Waals surface area contributed by atoms with Gasteiger partial charge >= 0.3 is 0 Å². The lowest BCUT2D eigenvalue weighted by Gasteiger charge is -2.38. The number of nitrogens with one attached hydrogen (secondary N) is 1. The van der Waals surface area contributed by atoms with Crippen molar-refractivity contribution in [3.05, 3.63) is 48.2 Å². The minimum absolute atomic E-state index is 0.502. The highest BCUT2D eigenvalue weighted by molar-refractivity contribution is 5.85. The molecule has 6 nitrogen and oxygen atoms in total. The van der Waals surface area contributed by atoms with Crippen molar-refractivity contribution >= 4 is 16.6 Å². The fourth-order valence-electron chi connectivity index (χ4n) is 4.76. The first kappa shape index (κ1) is 20.1. The van der Waals surface area contributed by atoms with Crippen LogP contribution >= 0.6 is 0 Å². The van der Waals surface area contributed by atoms with Gasteiger partial charge in [0.1, 0.15) is 19.0 Å². The van der Waals surface area contributed by atoms with Gasteiger partial charge in [-0.2, -0.15) is 0 Å². The third-order valence-electron chi connectivity index (χ3n) is 6.60. The molecule has 1 unspecified atom stereocenters. The summed E-state index contributed by atoms with van der Waals surface area (Å²) in [5.41, 5.74) is 3.79. The van der Waals surface area contributed by atoms with Crippen molar-refractivity contribution in [3.8, 4) is 17.2 Å². The van der Waals surface area contributed by atoms with Crippen molar-refractivity contribution in [2.75, 3.05) is 57.9 Å². The normalized spacial score (nSPS) is 17.7. The lowest BCUT2D eigenvalue weighted by Crippen LogP contribution is -2.47. The van der Waals surface area contributed by atoms with Crippen LogP contribution in [0.1, 0.15) is 24.8 Å². The summed E-state index contributed by atoms with van der Waals surface area (Å²) in [4.78, 5) is 8.49. The SMILES string of the molecule is CCC(CN1CCN(c2ccc3c(c2)OCCO3)CC1)c1c[nH]c2ccc(OC)cc12. The summed E-state index contributed by atoms with van der Waals surface area (Å²) in [6.07, 6.45) is 3.30. The van der Waals surface area contributed by atoms with E-state index in [2.05, 4.69) is 52.2 Å². The third kappa shape index (κ3) is 4.04. The number of ether oxygens (including phenoxy) is 3. The fraction of sp³-hybridized carbons (Fsp3) is 0.440. The summed E-state index contributed by atoms with van der Waals surface area (Å²) in [6, 6.07) is 12.6. The highest BCUT2D eigenvalue weighted by atomic mass is 16.6. The topological polar surface area (TPSA) is 50.0 Å². The first-order valence-electron chi connectivity index (χ1n) is 11.3. The molecule has 0 amide bonds. The molecule has 31 heavy (non-hydrogen) atoms. The second-order valence-electron chi connectivity index (χ2n) is 8.38. The maximum Gasteiger partial charge on any atom is 0.163 e. The van der Waals surface area contributed by atoms with Crippen molar-refractivity contribution in [1.29, 1.82) is 0 Å². The molecule has 1 atom stereocenters. The molecule has 6 heteroatoms. The van der Waals surface area contributed by atoms with Crippen LogP contribution in [0.25, 0.3) is 10.9 Å². The van der Waals surface area contributed by atoms with Crippen molar-refractivity contribution in [3.63, 3.8) is 0 Å². The number of H-pyrrole nitrogens is 1. The largest absolute Gasteiger partial charge is 0.497 e. The average molecular weight is 422 g/mol. The third-order valence-corrected chi connectivity index (χ3v) is 6.60. The number of fused-ring (bicyclic) bond motifs is 2. The van der Waals surface area contributed by atoms with E-state index in [9.17, 15) is 0 Å². The van der Waals surface area contributed by atoms with E-state index in [4.69, 9.17) is 14.2 Å². The summed E-state index contributed by atoms with van der Waals surface area (Å²) < 4.78 is 16.9. The number of rotatable bonds is 6. The monoisotopic (exact) mass is 421 g/mol. The van der Waals surface area contributed by atoms with Gasteiger partial charge in [-0.05, 0) is 48.2 Å². The lowest BCUT2D eigenvalue weighted by atomic mass is 9.95. The molecule has 1 aromatic heterocycles. The predicted molar refractivity (Wildman–Crippen MR) is 124 cm³/mol. The maximum absolute atomic E-state index is 5.76. The highest BCUT2D eigenvalue weighted by Crippen LogP contribution is 2.35. The molecule has 2 aliphatic rings. The van der Waals surface area contributed by atoms with Gasteiger partial charge in [0.2, 0.25) is 0 Å². The molecule has 0 saturated carbocycles. The molecule has 0 aliphatic carbocycles. The van der Waals surface area contributed by atoms with Crippen molar-refractivity contribution in [1.82, 2.24) is 9.88 Å². The smallest absolute Gasteiger partial charge is 0.163 e. The van der Waals surface area contributed by atoms with Gasteiger partial charge in [-0.1, -0.05) is 6.92 Å². The Labute approximate surface area is 183 Å². The van der Waals surface area contributed by atoms with E-state index in [0.29, 0.717) is 19.1 Å². The van der Waals surface area contributed by atoms with Crippen LogP contribution in [-0.4, -0.2) is 62.9 Å². The summed E-state index contributed by atoms with van der Waals surface area (Å²) in [5, 5.41) is 1.28. The first-order chi connectivity index (χ1) is 15.2. The zero-order valence-electron chi connectivity index (χ0n) is 18.4. The molecule has 0 radical (unpaired) electrons. The number of hydrogen-bond acceptors (Lipinski definition) is 5. The van der Waals surface area contributed by atoms with Crippen molar-refractivity contribution in [2.24, 2.45) is 0 Å². The van der Waals surface area contributed by atoms with Gasteiger partial charge in [-0.25, -0.2) is 0 Å². The van der Waals surface area contributed by atoms with Crippen LogP contribution in [0.5, 0.6) is 17.2 Å².